The van der Waals surface area contributed by atoms with Crippen molar-refractivity contribution >= 4 is 29.4 Å². The maximum absolute atomic E-state index is 12.2. The number of benzene rings is 1. The third kappa shape index (κ3) is 5.79. The second kappa shape index (κ2) is 9.35. The van der Waals surface area contributed by atoms with Crippen LogP contribution in [0.3, 0.4) is 0 Å². The second-order valence-corrected chi connectivity index (χ2v) is 9.19. The van der Waals surface area contributed by atoms with E-state index in [2.05, 4.69) is 33.9 Å². The maximum Gasteiger partial charge on any atom is 0.321 e. The van der Waals surface area contributed by atoms with Crippen LogP contribution >= 0.6 is 11.8 Å². The summed E-state index contributed by atoms with van der Waals surface area (Å²) >= 11 is 2.04. The topological polar surface area (TPSA) is 68.8 Å². The van der Waals surface area contributed by atoms with Gasteiger partial charge in [0.1, 0.15) is 0 Å². The molecule has 2 heterocycles. The summed E-state index contributed by atoms with van der Waals surface area (Å²) < 4.78 is 0.303. The first-order valence-corrected chi connectivity index (χ1v) is 10.8. The Morgan fingerprint density at radius 1 is 1.26 bits per heavy atom. The van der Waals surface area contributed by atoms with Crippen LogP contribution in [0.5, 0.6) is 0 Å². The van der Waals surface area contributed by atoms with Crippen LogP contribution < -0.4 is 16.0 Å². The Morgan fingerprint density at radius 3 is 2.78 bits per heavy atom. The van der Waals surface area contributed by atoms with E-state index in [-0.39, 0.29) is 6.03 Å². The van der Waals surface area contributed by atoms with Gasteiger partial charge in [-0.15, -0.1) is 0 Å². The molecule has 1 aromatic carbocycles. The molecule has 0 radical (unpaired) electrons. The molecule has 0 aromatic heterocycles. The predicted molar refractivity (Wildman–Crippen MR) is 115 cm³/mol. The minimum Gasteiger partial charge on any atom is -0.355 e. The van der Waals surface area contributed by atoms with Gasteiger partial charge in [-0.1, -0.05) is 12.1 Å². The molecular formula is C20H31N5OS. The summed E-state index contributed by atoms with van der Waals surface area (Å²) in [6, 6.07) is 7.98. The Bertz CT molecular complexity index is 666. The van der Waals surface area contributed by atoms with Crippen LogP contribution in [0.25, 0.3) is 0 Å². The molecule has 2 aliphatic heterocycles. The van der Waals surface area contributed by atoms with Gasteiger partial charge in [0.15, 0.2) is 5.96 Å². The first-order chi connectivity index (χ1) is 13.1. The Labute approximate surface area is 166 Å². The van der Waals surface area contributed by atoms with Crippen LogP contribution in [0.2, 0.25) is 0 Å². The smallest absolute Gasteiger partial charge is 0.321 e. The standard InChI is InChI=1S/C20H31N5OS/c1-20(9-6-12-27-20)15-23-18(21-2)22-14-16-7-5-8-17(13-16)24-19(26)25-10-3-4-11-25/h5,7-8,13H,3-4,6,9-12,14-15H2,1-2H3,(H,24,26)(H2,21,22,23). The molecule has 2 aliphatic rings. The van der Waals surface area contributed by atoms with Gasteiger partial charge in [-0.3, -0.25) is 4.99 Å². The van der Waals surface area contributed by atoms with Gasteiger partial charge in [0.05, 0.1) is 0 Å². The van der Waals surface area contributed by atoms with Gasteiger partial charge in [-0.25, -0.2) is 4.79 Å². The molecule has 2 fully saturated rings. The lowest BCUT2D eigenvalue weighted by Gasteiger charge is -2.24. The Balaban J connectivity index is 1.48. The summed E-state index contributed by atoms with van der Waals surface area (Å²) in [6.45, 7) is 5.61. The highest BCUT2D eigenvalue weighted by molar-refractivity contribution is 8.00. The lowest BCUT2D eigenvalue weighted by Crippen LogP contribution is -2.43. The lowest BCUT2D eigenvalue weighted by atomic mass is 10.1. The number of nitrogens with zero attached hydrogens (tertiary/aromatic N) is 2. The molecule has 6 nitrogen and oxygen atoms in total. The number of carbonyl (C=O) groups is 1. The fraction of sp³-hybridized carbons (Fsp3) is 0.600. The van der Waals surface area contributed by atoms with E-state index in [0.717, 1.165) is 49.7 Å². The summed E-state index contributed by atoms with van der Waals surface area (Å²) in [7, 11) is 1.80. The highest BCUT2D eigenvalue weighted by Crippen LogP contribution is 2.36. The average Bonchev–Trinajstić information content (AvgIpc) is 3.34. The molecule has 148 valence electrons. The van der Waals surface area contributed by atoms with E-state index >= 15 is 0 Å². The number of nitrogens with one attached hydrogen (secondary N) is 3. The summed E-state index contributed by atoms with van der Waals surface area (Å²) in [4.78, 5) is 18.4. The largest absolute Gasteiger partial charge is 0.355 e. The van der Waals surface area contributed by atoms with Gasteiger partial charge >= 0.3 is 6.03 Å². The quantitative estimate of drug-likeness (QED) is 0.534. The number of urea groups is 1. The first kappa shape index (κ1) is 19.9. The van der Waals surface area contributed by atoms with Gasteiger partial charge in [0.25, 0.3) is 0 Å². The van der Waals surface area contributed by atoms with E-state index in [9.17, 15) is 4.79 Å². The Hall–Kier alpha value is -1.89. The summed E-state index contributed by atoms with van der Waals surface area (Å²) in [6.07, 6.45) is 4.74. The molecule has 0 bridgehead atoms. The molecule has 1 aromatic rings. The summed E-state index contributed by atoms with van der Waals surface area (Å²) in [5, 5.41) is 9.82. The van der Waals surface area contributed by atoms with Crippen molar-refractivity contribution in [2.24, 2.45) is 4.99 Å². The van der Waals surface area contributed by atoms with Crippen LogP contribution in [-0.2, 0) is 6.54 Å². The van der Waals surface area contributed by atoms with E-state index in [0.29, 0.717) is 11.3 Å². The Kier molecular flexibility index (Phi) is 6.88. The van der Waals surface area contributed by atoms with Crippen molar-refractivity contribution in [2.45, 2.75) is 43.9 Å². The van der Waals surface area contributed by atoms with Gasteiger partial charge in [0, 0.05) is 43.7 Å². The average molecular weight is 390 g/mol. The first-order valence-electron chi connectivity index (χ1n) is 9.81. The normalized spacial score (nSPS) is 22.7. The maximum atomic E-state index is 12.2. The van der Waals surface area contributed by atoms with Crippen LogP contribution in [0, 0.1) is 0 Å². The Morgan fingerprint density at radius 2 is 2.07 bits per heavy atom. The zero-order chi connectivity index (χ0) is 19.1. The van der Waals surface area contributed by atoms with Gasteiger partial charge in [-0.05, 0) is 56.1 Å². The van der Waals surface area contributed by atoms with Gasteiger partial charge in [-0.2, -0.15) is 11.8 Å². The molecule has 3 rings (SSSR count). The van der Waals surface area contributed by atoms with Crippen LogP contribution in [0.15, 0.2) is 29.3 Å². The molecule has 0 aliphatic carbocycles. The minimum absolute atomic E-state index is 0.00241. The van der Waals surface area contributed by atoms with E-state index in [1.807, 2.05) is 34.9 Å². The fourth-order valence-electron chi connectivity index (χ4n) is 3.54. The molecule has 1 unspecified atom stereocenters. The molecule has 3 N–H and O–H groups in total. The number of anilines is 1. The summed E-state index contributed by atoms with van der Waals surface area (Å²) in [5.41, 5.74) is 1.95. The number of aliphatic imine (C=N–C) groups is 1. The monoisotopic (exact) mass is 389 g/mol. The number of guanidine groups is 1. The fourth-order valence-corrected chi connectivity index (χ4v) is 4.78. The third-order valence-corrected chi connectivity index (χ3v) is 6.72. The third-order valence-electron chi connectivity index (χ3n) is 5.19. The molecule has 0 saturated carbocycles. The highest BCUT2D eigenvalue weighted by atomic mass is 32.2. The number of likely N-dealkylation sites (tertiary alicyclic amines) is 1. The van der Waals surface area contributed by atoms with Crippen molar-refractivity contribution < 1.29 is 4.79 Å². The van der Waals surface area contributed by atoms with E-state index in [1.54, 1.807) is 7.05 Å². The van der Waals surface area contributed by atoms with E-state index in [4.69, 9.17) is 0 Å². The van der Waals surface area contributed by atoms with Crippen molar-refractivity contribution in [1.29, 1.82) is 0 Å². The zero-order valence-corrected chi connectivity index (χ0v) is 17.2. The number of carbonyl (C=O) groups excluding carboxylic acids is 1. The highest BCUT2D eigenvalue weighted by Gasteiger charge is 2.29. The molecule has 27 heavy (non-hydrogen) atoms. The minimum atomic E-state index is -0.00241. The van der Waals surface area contributed by atoms with E-state index < -0.39 is 0 Å². The van der Waals surface area contributed by atoms with Crippen molar-refractivity contribution in [2.75, 3.05) is 37.8 Å². The van der Waals surface area contributed by atoms with Gasteiger partial charge in [0.2, 0.25) is 0 Å². The van der Waals surface area contributed by atoms with E-state index in [1.165, 1.54) is 18.6 Å². The van der Waals surface area contributed by atoms with Crippen LogP contribution in [-0.4, -0.2) is 54.1 Å². The lowest BCUT2D eigenvalue weighted by molar-refractivity contribution is 0.222. The number of amides is 2. The predicted octanol–water partition coefficient (Wildman–Crippen LogP) is 3.27. The van der Waals surface area contributed by atoms with Crippen molar-refractivity contribution in [3.63, 3.8) is 0 Å². The molecule has 2 saturated heterocycles. The molecule has 1 atom stereocenters. The summed E-state index contributed by atoms with van der Waals surface area (Å²) in [5.74, 6) is 2.07. The van der Waals surface area contributed by atoms with Crippen molar-refractivity contribution in [3.8, 4) is 0 Å². The molecule has 2 amide bonds. The van der Waals surface area contributed by atoms with Crippen LogP contribution in [0.1, 0.15) is 38.2 Å². The zero-order valence-electron chi connectivity index (χ0n) is 16.4. The van der Waals surface area contributed by atoms with Gasteiger partial charge < -0.3 is 20.9 Å². The second-order valence-electron chi connectivity index (χ2n) is 7.51. The number of hydrogen-bond donors (Lipinski definition) is 3. The van der Waals surface area contributed by atoms with Crippen molar-refractivity contribution in [1.82, 2.24) is 15.5 Å². The molecule has 0 spiro atoms. The number of rotatable bonds is 5. The van der Waals surface area contributed by atoms with Crippen molar-refractivity contribution in [3.05, 3.63) is 29.8 Å². The SMILES string of the molecule is CN=C(NCc1cccc(NC(=O)N2CCCC2)c1)NCC1(C)CCCS1. The molecular weight excluding hydrogens is 358 g/mol. The molecule has 7 heteroatoms. The number of thioether (sulfide) groups is 1. The number of hydrogen-bond acceptors (Lipinski definition) is 3. The van der Waals surface area contributed by atoms with Crippen LogP contribution in [0.4, 0.5) is 10.5 Å².